The Morgan fingerprint density at radius 1 is 1.10 bits per heavy atom. The highest BCUT2D eigenvalue weighted by Crippen LogP contribution is 2.24. The summed E-state index contributed by atoms with van der Waals surface area (Å²) in [5.74, 6) is 0.892. The van der Waals surface area contributed by atoms with Crippen LogP contribution in [0.1, 0.15) is 17.0 Å². The van der Waals surface area contributed by atoms with Crippen LogP contribution >= 0.6 is 11.3 Å². The van der Waals surface area contributed by atoms with E-state index in [9.17, 15) is 5.11 Å². The zero-order chi connectivity index (χ0) is 20.8. The van der Waals surface area contributed by atoms with Crippen molar-refractivity contribution in [2.45, 2.75) is 25.6 Å². The molecule has 0 amide bonds. The van der Waals surface area contributed by atoms with Crippen molar-refractivity contribution in [2.75, 3.05) is 33.4 Å². The molecule has 5 nitrogen and oxygen atoms in total. The van der Waals surface area contributed by atoms with Crippen LogP contribution in [-0.4, -0.2) is 59.3 Å². The summed E-state index contributed by atoms with van der Waals surface area (Å²) in [7, 11) is 1.70. The van der Waals surface area contributed by atoms with Gasteiger partial charge in [-0.05, 0) is 24.1 Å². The summed E-state index contributed by atoms with van der Waals surface area (Å²) in [5, 5.41) is 12.9. The molecule has 158 valence electrons. The van der Waals surface area contributed by atoms with E-state index in [-0.39, 0.29) is 6.61 Å². The predicted molar refractivity (Wildman–Crippen MR) is 122 cm³/mol. The molecule has 0 radical (unpaired) electrons. The summed E-state index contributed by atoms with van der Waals surface area (Å²) < 4.78 is 5.36. The summed E-state index contributed by atoms with van der Waals surface area (Å²) in [6.45, 7) is 4.90. The van der Waals surface area contributed by atoms with E-state index in [4.69, 9.17) is 9.72 Å². The zero-order valence-electron chi connectivity index (χ0n) is 17.4. The molecule has 2 aromatic carbocycles. The molecule has 0 spiro atoms. The van der Waals surface area contributed by atoms with Crippen LogP contribution in [0.3, 0.4) is 0 Å². The Morgan fingerprint density at radius 3 is 2.77 bits per heavy atom. The lowest BCUT2D eigenvalue weighted by molar-refractivity contribution is 0.0499. The summed E-state index contributed by atoms with van der Waals surface area (Å²) in [6, 6.07) is 18.9. The van der Waals surface area contributed by atoms with Crippen LogP contribution < -0.4 is 4.74 Å². The Hall–Kier alpha value is -2.25. The summed E-state index contributed by atoms with van der Waals surface area (Å²) in [6.07, 6.45) is 0.785. The van der Waals surface area contributed by atoms with Crippen LogP contribution in [0.5, 0.6) is 5.75 Å². The fourth-order valence-electron chi connectivity index (χ4n) is 4.05. The van der Waals surface area contributed by atoms with E-state index >= 15 is 0 Å². The first-order valence-corrected chi connectivity index (χ1v) is 11.3. The zero-order valence-corrected chi connectivity index (χ0v) is 18.2. The first-order chi connectivity index (χ1) is 14.7. The molecule has 2 heterocycles. The van der Waals surface area contributed by atoms with E-state index in [1.165, 1.54) is 11.1 Å². The van der Waals surface area contributed by atoms with Crippen LogP contribution in [0.4, 0.5) is 0 Å². The van der Waals surface area contributed by atoms with Crippen molar-refractivity contribution in [2.24, 2.45) is 0 Å². The second-order valence-electron chi connectivity index (χ2n) is 7.72. The maximum atomic E-state index is 9.61. The lowest BCUT2D eigenvalue weighted by Crippen LogP contribution is -2.52. The van der Waals surface area contributed by atoms with E-state index < -0.39 is 0 Å². The lowest BCUT2D eigenvalue weighted by Gasteiger charge is -2.41. The van der Waals surface area contributed by atoms with Gasteiger partial charge >= 0.3 is 0 Å². The van der Waals surface area contributed by atoms with Gasteiger partial charge in [-0.3, -0.25) is 9.80 Å². The molecule has 1 atom stereocenters. The average Bonchev–Trinajstić information content (AvgIpc) is 3.25. The van der Waals surface area contributed by atoms with E-state index in [1.807, 2.05) is 18.2 Å². The van der Waals surface area contributed by atoms with Crippen LogP contribution in [-0.2, 0) is 13.1 Å². The quantitative estimate of drug-likeness (QED) is 0.596. The highest BCUT2D eigenvalue weighted by Gasteiger charge is 2.27. The van der Waals surface area contributed by atoms with Crippen molar-refractivity contribution in [1.29, 1.82) is 0 Å². The number of piperazine rings is 1. The maximum absolute atomic E-state index is 9.61. The maximum Gasteiger partial charge on any atom is 0.119 e. The van der Waals surface area contributed by atoms with Gasteiger partial charge < -0.3 is 9.84 Å². The number of aromatic nitrogens is 1. The second kappa shape index (κ2) is 10.2. The third-order valence-electron chi connectivity index (χ3n) is 5.65. The molecule has 0 saturated carbocycles. The van der Waals surface area contributed by atoms with Crippen molar-refractivity contribution >= 4 is 11.3 Å². The molecule has 1 N–H and O–H groups in total. The summed E-state index contributed by atoms with van der Waals surface area (Å²) in [4.78, 5) is 9.80. The molecule has 1 aliphatic rings. The van der Waals surface area contributed by atoms with Gasteiger partial charge in [0.25, 0.3) is 0 Å². The van der Waals surface area contributed by atoms with Gasteiger partial charge in [0.05, 0.1) is 19.3 Å². The van der Waals surface area contributed by atoms with Crippen LogP contribution in [0.25, 0.3) is 11.3 Å². The van der Waals surface area contributed by atoms with Crippen LogP contribution in [0.15, 0.2) is 60.0 Å². The number of hydrogen-bond acceptors (Lipinski definition) is 6. The Morgan fingerprint density at radius 2 is 1.97 bits per heavy atom. The monoisotopic (exact) mass is 423 g/mol. The number of nitrogens with zero attached hydrogens (tertiary/aromatic N) is 3. The molecule has 1 fully saturated rings. The van der Waals surface area contributed by atoms with E-state index in [2.05, 4.69) is 51.6 Å². The number of methoxy groups -OCH3 is 1. The van der Waals surface area contributed by atoms with Crippen molar-refractivity contribution in [3.8, 4) is 17.0 Å². The minimum Gasteiger partial charge on any atom is -0.497 e. The van der Waals surface area contributed by atoms with Crippen molar-refractivity contribution < 1.29 is 9.84 Å². The minimum absolute atomic E-state index is 0.211. The molecule has 1 aliphatic heterocycles. The largest absolute Gasteiger partial charge is 0.497 e. The highest BCUT2D eigenvalue weighted by molar-refractivity contribution is 7.09. The predicted octanol–water partition coefficient (Wildman–Crippen LogP) is 3.89. The van der Waals surface area contributed by atoms with E-state index in [0.29, 0.717) is 6.04 Å². The highest BCUT2D eigenvalue weighted by atomic mass is 32.1. The van der Waals surface area contributed by atoms with Gasteiger partial charge in [0.2, 0.25) is 0 Å². The molecular formula is C24H29N3O2S. The van der Waals surface area contributed by atoms with Gasteiger partial charge in [0, 0.05) is 49.8 Å². The minimum atomic E-state index is 0.211. The standard InChI is InChI=1S/C24H29N3O2S/c1-29-22-9-5-6-19(14-22)15-27-12-11-26(16-21(27)10-13-28)17-24-25-23(18-30-24)20-7-3-2-4-8-20/h2-9,14,18,21,28H,10-13,15-17H2,1H3/t21-/m0/s1. The summed E-state index contributed by atoms with van der Waals surface area (Å²) in [5.41, 5.74) is 3.47. The van der Waals surface area contributed by atoms with Gasteiger partial charge in [-0.1, -0.05) is 42.5 Å². The fourth-order valence-corrected chi connectivity index (χ4v) is 4.90. The van der Waals surface area contributed by atoms with Gasteiger partial charge in [0.15, 0.2) is 0 Å². The summed E-state index contributed by atoms with van der Waals surface area (Å²) >= 11 is 1.73. The number of thiazole rings is 1. The van der Waals surface area contributed by atoms with Gasteiger partial charge in [-0.25, -0.2) is 4.98 Å². The smallest absolute Gasteiger partial charge is 0.119 e. The number of aliphatic hydroxyl groups is 1. The number of ether oxygens (including phenoxy) is 1. The first-order valence-electron chi connectivity index (χ1n) is 10.4. The number of aliphatic hydroxyl groups excluding tert-OH is 1. The Labute approximate surface area is 182 Å². The molecule has 4 rings (SSSR count). The van der Waals surface area contributed by atoms with Crippen molar-refractivity contribution in [3.05, 3.63) is 70.5 Å². The Bertz CT molecular complexity index is 931. The molecule has 1 aromatic heterocycles. The topological polar surface area (TPSA) is 48.8 Å². The van der Waals surface area contributed by atoms with Gasteiger partial charge in [-0.15, -0.1) is 11.3 Å². The molecule has 0 aliphatic carbocycles. The van der Waals surface area contributed by atoms with Gasteiger partial charge in [-0.2, -0.15) is 0 Å². The molecule has 0 bridgehead atoms. The number of benzene rings is 2. The molecule has 1 saturated heterocycles. The van der Waals surface area contributed by atoms with Crippen LogP contribution in [0.2, 0.25) is 0 Å². The molecule has 6 heteroatoms. The Balaban J connectivity index is 1.38. The normalized spacial score (nSPS) is 17.9. The molecule has 0 unspecified atom stereocenters. The third kappa shape index (κ3) is 5.26. The number of rotatable bonds is 8. The van der Waals surface area contributed by atoms with E-state index in [0.717, 1.165) is 55.6 Å². The Kier molecular flexibility index (Phi) is 7.12. The van der Waals surface area contributed by atoms with E-state index in [1.54, 1.807) is 18.4 Å². The first kappa shape index (κ1) is 21.0. The fraction of sp³-hybridized carbons (Fsp3) is 0.375. The number of hydrogen-bond donors (Lipinski definition) is 1. The average molecular weight is 424 g/mol. The molecular weight excluding hydrogens is 394 g/mol. The lowest BCUT2D eigenvalue weighted by atomic mass is 10.1. The SMILES string of the molecule is COc1cccc(CN2CCN(Cc3nc(-c4ccccc4)cs3)C[C@@H]2CCO)c1. The molecule has 3 aromatic rings. The van der Waals surface area contributed by atoms with Crippen LogP contribution in [0, 0.1) is 0 Å². The van der Waals surface area contributed by atoms with Crippen molar-refractivity contribution in [3.63, 3.8) is 0 Å². The van der Waals surface area contributed by atoms with Crippen molar-refractivity contribution in [1.82, 2.24) is 14.8 Å². The second-order valence-corrected chi connectivity index (χ2v) is 8.66. The molecule has 30 heavy (non-hydrogen) atoms. The third-order valence-corrected chi connectivity index (χ3v) is 6.48. The van der Waals surface area contributed by atoms with Gasteiger partial charge in [0.1, 0.15) is 10.8 Å².